The Hall–Kier alpha value is -2.78. The highest BCUT2D eigenvalue weighted by atomic mass is 32.2. The zero-order valence-corrected chi connectivity index (χ0v) is 18.0. The molecule has 29 heavy (non-hydrogen) atoms. The van der Waals surface area contributed by atoms with Crippen molar-refractivity contribution in [3.05, 3.63) is 64.7 Å². The summed E-state index contributed by atoms with van der Waals surface area (Å²) in [6.07, 6.45) is 0.729. The van der Waals surface area contributed by atoms with Gasteiger partial charge in [-0.25, -0.2) is 8.42 Å². The molecule has 152 valence electrons. The third-order valence-electron chi connectivity index (χ3n) is 4.34. The van der Waals surface area contributed by atoms with E-state index in [4.69, 9.17) is 0 Å². The minimum Gasteiger partial charge on any atom is -0.296 e. The van der Waals surface area contributed by atoms with Crippen LogP contribution in [0.2, 0.25) is 0 Å². The van der Waals surface area contributed by atoms with Crippen LogP contribution in [0.25, 0.3) is 0 Å². The van der Waals surface area contributed by atoms with Crippen LogP contribution in [0, 0.1) is 6.92 Å². The molecule has 0 unspecified atom stereocenters. The van der Waals surface area contributed by atoms with Gasteiger partial charge in [0.05, 0.1) is 10.6 Å². The Labute approximate surface area is 174 Å². The molecule has 1 heterocycles. The monoisotopic (exact) mass is 430 g/mol. The third kappa shape index (κ3) is 4.46. The van der Waals surface area contributed by atoms with Crippen LogP contribution in [0.5, 0.6) is 0 Å². The van der Waals surface area contributed by atoms with Crippen molar-refractivity contribution in [3.63, 3.8) is 0 Å². The highest BCUT2D eigenvalue weighted by Gasteiger charge is 2.26. The Morgan fingerprint density at radius 2 is 1.83 bits per heavy atom. The van der Waals surface area contributed by atoms with E-state index < -0.39 is 15.9 Å². The number of amides is 1. The minimum atomic E-state index is -3.84. The van der Waals surface area contributed by atoms with Crippen LogP contribution in [-0.4, -0.2) is 31.1 Å². The molecular formula is C20H22N4O3S2. The normalized spacial score (nSPS) is 11.3. The van der Waals surface area contributed by atoms with E-state index in [1.807, 2.05) is 13.0 Å². The molecule has 1 aromatic heterocycles. The fraction of sp³-hybridized carbons (Fsp3) is 0.250. The molecule has 0 aliphatic carbocycles. The molecule has 0 radical (unpaired) electrons. The maximum atomic E-state index is 13.3. The molecule has 0 bridgehead atoms. The van der Waals surface area contributed by atoms with E-state index in [0.29, 0.717) is 16.4 Å². The van der Waals surface area contributed by atoms with Gasteiger partial charge in [0.2, 0.25) is 5.13 Å². The summed E-state index contributed by atoms with van der Waals surface area (Å²) in [5, 5.41) is 11.8. The standard InChI is InChI=1S/C20H22N4O3S2/c1-4-18-22-23-20(28-18)21-19(25)15-12-11-14(3)17(13-15)29(26,27)24(5-2)16-9-7-6-8-10-16/h6-13H,4-5H2,1-3H3,(H,21,23,25). The fourth-order valence-corrected chi connectivity index (χ4v) is 5.24. The summed E-state index contributed by atoms with van der Waals surface area (Å²) in [7, 11) is -3.84. The number of sulfonamides is 1. The molecule has 1 N–H and O–H groups in total. The largest absolute Gasteiger partial charge is 0.296 e. The van der Waals surface area contributed by atoms with Gasteiger partial charge in [0, 0.05) is 12.1 Å². The summed E-state index contributed by atoms with van der Waals surface area (Å²) in [6, 6.07) is 13.5. The van der Waals surface area contributed by atoms with E-state index in [-0.39, 0.29) is 17.0 Å². The predicted octanol–water partition coefficient (Wildman–Crippen LogP) is 3.88. The molecule has 1 amide bonds. The number of rotatable bonds is 7. The first-order valence-corrected chi connectivity index (χ1v) is 11.4. The molecule has 2 aromatic carbocycles. The quantitative estimate of drug-likeness (QED) is 0.614. The molecule has 0 spiro atoms. The Morgan fingerprint density at radius 1 is 1.10 bits per heavy atom. The minimum absolute atomic E-state index is 0.0994. The lowest BCUT2D eigenvalue weighted by Crippen LogP contribution is -2.31. The van der Waals surface area contributed by atoms with E-state index in [9.17, 15) is 13.2 Å². The zero-order chi connectivity index (χ0) is 21.0. The highest BCUT2D eigenvalue weighted by molar-refractivity contribution is 7.92. The van der Waals surface area contributed by atoms with Crippen LogP contribution in [0.1, 0.15) is 34.8 Å². The number of nitrogens with one attached hydrogen (secondary N) is 1. The summed E-state index contributed by atoms with van der Waals surface area (Å²) in [5.41, 5.74) is 1.39. The molecular weight excluding hydrogens is 408 g/mol. The van der Waals surface area contributed by atoms with Gasteiger partial charge in [-0.1, -0.05) is 42.5 Å². The second kappa shape index (κ2) is 8.71. The number of hydrogen-bond donors (Lipinski definition) is 1. The van der Waals surface area contributed by atoms with Crippen LogP contribution in [0.15, 0.2) is 53.4 Å². The van der Waals surface area contributed by atoms with E-state index in [1.54, 1.807) is 50.2 Å². The molecule has 3 rings (SSSR count). The average molecular weight is 431 g/mol. The van der Waals surface area contributed by atoms with Crippen molar-refractivity contribution in [3.8, 4) is 0 Å². The van der Waals surface area contributed by atoms with Gasteiger partial charge in [0.25, 0.3) is 15.9 Å². The van der Waals surface area contributed by atoms with Gasteiger partial charge in [-0.2, -0.15) is 0 Å². The molecule has 0 atom stereocenters. The maximum absolute atomic E-state index is 13.3. The van der Waals surface area contributed by atoms with Crippen LogP contribution in [0.4, 0.5) is 10.8 Å². The number of carbonyl (C=O) groups excluding carboxylic acids is 1. The maximum Gasteiger partial charge on any atom is 0.264 e. The van der Waals surface area contributed by atoms with Gasteiger partial charge in [0.1, 0.15) is 5.01 Å². The van der Waals surface area contributed by atoms with E-state index >= 15 is 0 Å². The molecule has 3 aromatic rings. The van der Waals surface area contributed by atoms with Crippen molar-refractivity contribution in [1.82, 2.24) is 10.2 Å². The molecule has 7 nitrogen and oxygen atoms in total. The first-order valence-electron chi connectivity index (χ1n) is 9.19. The number of nitrogens with zero attached hydrogens (tertiary/aromatic N) is 3. The molecule has 0 fully saturated rings. The number of aryl methyl sites for hydroxylation is 2. The van der Waals surface area contributed by atoms with Crippen LogP contribution >= 0.6 is 11.3 Å². The van der Waals surface area contributed by atoms with Gasteiger partial charge >= 0.3 is 0 Å². The van der Waals surface area contributed by atoms with Crippen molar-refractivity contribution in [2.24, 2.45) is 0 Å². The van der Waals surface area contributed by atoms with E-state index in [0.717, 1.165) is 11.4 Å². The SMILES string of the molecule is CCc1nnc(NC(=O)c2ccc(C)c(S(=O)(=O)N(CC)c3ccccc3)c2)s1. The van der Waals surface area contributed by atoms with Crippen molar-refractivity contribution in [2.45, 2.75) is 32.1 Å². The molecule has 0 saturated carbocycles. The van der Waals surface area contributed by atoms with Crippen LogP contribution in [0.3, 0.4) is 0 Å². The van der Waals surface area contributed by atoms with Crippen LogP contribution < -0.4 is 9.62 Å². The summed E-state index contributed by atoms with van der Waals surface area (Å²) >= 11 is 1.29. The average Bonchev–Trinajstić information content (AvgIpc) is 3.17. The molecule has 0 aliphatic heterocycles. The van der Waals surface area contributed by atoms with Gasteiger partial charge in [-0.3, -0.25) is 14.4 Å². The van der Waals surface area contributed by atoms with Crippen LogP contribution in [-0.2, 0) is 16.4 Å². The van der Waals surface area contributed by atoms with Crippen molar-refractivity contribution in [2.75, 3.05) is 16.2 Å². The predicted molar refractivity (Wildman–Crippen MR) is 115 cm³/mol. The zero-order valence-electron chi connectivity index (χ0n) is 16.4. The summed E-state index contributed by atoms with van der Waals surface area (Å²) in [6.45, 7) is 5.71. The smallest absolute Gasteiger partial charge is 0.264 e. The van der Waals surface area contributed by atoms with Gasteiger partial charge in [-0.15, -0.1) is 10.2 Å². The lowest BCUT2D eigenvalue weighted by atomic mass is 10.1. The second-order valence-electron chi connectivity index (χ2n) is 6.29. The fourth-order valence-electron chi connectivity index (χ4n) is 2.84. The number of carbonyl (C=O) groups is 1. The Kier molecular flexibility index (Phi) is 6.29. The number of hydrogen-bond acceptors (Lipinski definition) is 6. The van der Waals surface area contributed by atoms with E-state index in [2.05, 4.69) is 15.5 Å². The van der Waals surface area contributed by atoms with Gasteiger partial charge in [0.15, 0.2) is 0 Å². The lowest BCUT2D eigenvalue weighted by Gasteiger charge is -2.24. The van der Waals surface area contributed by atoms with Gasteiger partial charge in [-0.05, 0) is 50.1 Å². The topological polar surface area (TPSA) is 92.3 Å². The summed E-state index contributed by atoms with van der Waals surface area (Å²) < 4.78 is 28.0. The number of para-hydroxylation sites is 1. The number of benzene rings is 2. The summed E-state index contributed by atoms with van der Waals surface area (Å²) in [5.74, 6) is -0.428. The van der Waals surface area contributed by atoms with Crippen molar-refractivity contribution in [1.29, 1.82) is 0 Å². The molecule has 9 heteroatoms. The number of anilines is 2. The Balaban J connectivity index is 1.94. The van der Waals surface area contributed by atoms with E-state index in [1.165, 1.54) is 21.7 Å². The summed E-state index contributed by atoms with van der Waals surface area (Å²) in [4.78, 5) is 12.7. The third-order valence-corrected chi connectivity index (χ3v) is 7.37. The van der Waals surface area contributed by atoms with Gasteiger partial charge < -0.3 is 0 Å². The first kappa shape index (κ1) is 20.9. The first-order chi connectivity index (χ1) is 13.9. The van der Waals surface area contributed by atoms with Crippen molar-refractivity contribution >= 4 is 38.1 Å². The second-order valence-corrected chi connectivity index (χ2v) is 9.19. The Morgan fingerprint density at radius 3 is 2.45 bits per heavy atom. The highest BCUT2D eigenvalue weighted by Crippen LogP contribution is 2.27. The lowest BCUT2D eigenvalue weighted by molar-refractivity contribution is 0.102. The molecule has 0 aliphatic rings. The number of aromatic nitrogens is 2. The van der Waals surface area contributed by atoms with Crippen molar-refractivity contribution < 1.29 is 13.2 Å². The Bertz CT molecular complexity index is 1110. The molecule has 0 saturated heterocycles.